The second-order valence-electron chi connectivity index (χ2n) is 8.76. The summed E-state index contributed by atoms with van der Waals surface area (Å²) < 4.78 is 6.40. The third-order valence-corrected chi connectivity index (χ3v) is 5.52. The van der Waals surface area contributed by atoms with Crippen molar-refractivity contribution < 1.29 is 34.4 Å². The molecule has 0 unspecified atom stereocenters. The van der Waals surface area contributed by atoms with E-state index in [-0.39, 0.29) is 31.6 Å². The van der Waals surface area contributed by atoms with Gasteiger partial charge in [-0.15, -0.1) is 34.9 Å². The Morgan fingerprint density at radius 2 is 1.54 bits per heavy atom. The van der Waals surface area contributed by atoms with Gasteiger partial charge in [0.05, 0.1) is 5.76 Å². The van der Waals surface area contributed by atoms with E-state index in [0.717, 1.165) is 50.2 Å². The molecule has 0 bridgehead atoms. The number of carbonyl (C=O) groups excluding carboxylic acids is 1. The second-order valence-corrected chi connectivity index (χ2v) is 8.76. The smallest absolute Gasteiger partial charge is 0.155 e. The molecule has 1 N–H and O–H groups in total. The van der Waals surface area contributed by atoms with Crippen molar-refractivity contribution in [1.82, 2.24) is 4.98 Å². The number of carbonyl (C=O) groups is 1. The molecule has 3 aromatic carbocycles. The van der Waals surface area contributed by atoms with E-state index in [0.29, 0.717) is 0 Å². The number of aromatic nitrogens is 1. The number of aliphatic hydroxyl groups excluding tert-OH is 1. The maximum absolute atomic E-state index is 10.0. The first kappa shape index (κ1) is 27.8. The third kappa shape index (κ3) is 6.91. The summed E-state index contributed by atoms with van der Waals surface area (Å²) >= 11 is 0. The van der Waals surface area contributed by atoms with E-state index in [1.807, 2.05) is 42.6 Å². The molecule has 0 aliphatic rings. The average molecular weight is 667 g/mol. The van der Waals surface area contributed by atoms with Crippen molar-refractivity contribution in [3.63, 3.8) is 0 Å². The van der Waals surface area contributed by atoms with Crippen LogP contribution in [0.15, 0.2) is 101 Å². The van der Waals surface area contributed by atoms with Gasteiger partial charge in [-0.25, -0.2) is 0 Å². The molecule has 37 heavy (non-hydrogen) atoms. The largest absolute Gasteiger partial charge is 0.512 e. The average Bonchev–Trinajstić information content (AvgIpc) is 3.29. The van der Waals surface area contributed by atoms with Gasteiger partial charge in [-0.3, -0.25) is 4.79 Å². The zero-order chi connectivity index (χ0) is 25.7. The van der Waals surface area contributed by atoms with Crippen LogP contribution in [0, 0.1) is 19.9 Å². The molecule has 0 amide bonds. The first-order valence-electron chi connectivity index (χ1n) is 11.7. The normalized spacial score (nSPS) is 10.9. The predicted molar refractivity (Wildman–Crippen MR) is 146 cm³/mol. The number of furan rings is 1. The molecule has 5 aromatic rings. The van der Waals surface area contributed by atoms with Crippen LogP contribution in [0.25, 0.3) is 44.7 Å². The summed E-state index contributed by atoms with van der Waals surface area (Å²) in [5, 5.41) is 9.43. The summed E-state index contributed by atoms with van der Waals surface area (Å²) in [5.74, 6) is 0.781. The molecule has 0 saturated carbocycles. The number of nitrogens with zero attached hydrogens (tertiary/aromatic N) is 1. The van der Waals surface area contributed by atoms with Crippen LogP contribution in [-0.2, 0) is 24.9 Å². The van der Waals surface area contributed by atoms with Gasteiger partial charge >= 0.3 is 0 Å². The number of aliphatic hydroxyl groups is 1. The van der Waals surface area contributed by atoms with Gasteiger partial charge in [0.25, 0.3) is 0 Å². The summed E-state index contributed by atoms with van der Waals surface area (Å²) in [5.41, 5.74) is 8.12. The van der Waals surface area contributed by atoms with E-state index >= 15 is 0 Å². The minimum atomic E-state index is -0.125. The van der Waals surface area contributed by atoms with Gasteiger partial charge in [0.1, 0.15) is 11.3 Å². The van der Waals surface area contributed by atoms with Gasteiger partial charge in [0.2, 0.25) is 0 Å². The molecule has 0 saturated heterocycles. The van der Waals surface area contributed by atoms with Crippen molar-refractivity contribution in [1.29, 1.82) is 0 Å². The van der Waals surface area contributed by atoms with Crippen molar-refractivity contribution >= 4 is 16.8 Å². The Morgan fingerprint density at radius 3 is 2.08 bits per heavy atom. The van der Waals surface area contributed by atoms with E-state index in [1.165, 1.54) is 25.5 Å². The molecule has 4 nitrogen and oxygen atoms in total. The van der Waals surface area contributed by atoms with Gasteiger partial charge in [-0.2, -0.15) is 0 Å². The number of aryl methyl sites for hydroxylation is 2. The van der Waals surface area contributed by atoms with Crippen LogP contribution in [0.1, 0.15) is 25.0 Å². The standard InChI is InChI=1S/C27H20NO.C5H8O2.Ir/c1-18-13-19(2)15-22(14-18)26-27-23(16-25(29-27)21-11-7-4-8-12-21)24(17-28-26)20-9-5-3-6-10-20;1-4(6)3-5(2)7;/h3-14,16-17H,1-2H3;3,6H,1-2H3;/q-1;;/b;4-3-;. The van der Waals surface area contributed by atoms with Crippen LogP contribution in [0.3, 0.4) is 0 Å². The maximum atomic E-state index is 10.0. The Balaban J connectivity index is 0.000000422. The summed E-state index contributed by atoms with van der Waals surface area (Å²) in [6, 6.07) is 30.3. The second kappa shape index (κ2) is 12.4. The van der Waals surface area contributed by atoms with Gasteiger partial charge in [-0.1, -0.05) is 74.5 Å². The molecule has 2 heterocycles. The third-order valence-electron chi connectivity index (χ3n) is 5.52. The maximum Gasteiger partial charge on any atom is 0.155 e. The molecule has 0 spiro atoms. The summed E-state index contributed by atoms with van der Waals surface area (Å²) in [7, 11) is 0. The molecule has 189 valence electrons. The molecule has 1 radical (unpaired) electrons. The molecule has 2 aromatic heterocycles. The number of rotatable bonds is 4. The molecule has 0 aliphatic carbocycles. The van der Waals surface area contributed by atoms with E-state index in [2.05, 4.69) is 62.4 Å². The van der Waals surface area contributed by atoms with Crippen LogP contribution < -0.4 is 0 Å². The van der Waals surface area contributed by atoms with E-state index in [1.54, 1.807) is 0 Å². The van der Waals surface area contributed by atoms with Crippen molar-refractivity contribution in [2.24, 2.45) is 0 Å². The fourth-order valence-corrected chi connectivity index (χ4v) is 4.13. The molecular weight excluding hydrogens is 639 g/mol. The first-order valence-corrected chi connectivity index (χ1v) is 11.7. The zero-order valence-corrected chi connectivity index (χ0v) is 23.6. The summed E-state index contributed by atoms with van der Waals surface area (Å²) in [6.45, 7) is 7.00. The van der Waals surface area contributed by atoms with Crippen LogP contribution in [0.5, 0.6) is 0 Å². The van der Waals surface area contributed by atoms with Crippen molar-refractivity contribution in [2.45, 2.75) is 27.7 Å². The van der Waals surface area contributed by atoms with Crippen molar-refractivity contribution in [2.75, 3.05) is 0 Å². The van der Waals surface area contributed by atoms with Crippen LogP contribution in [0.4, 0.5) is 0 Å². The predicted octanol–water partition coefficient (Wildman–Crippen LogP) is 8.28. The Kier molecular flexibility index (Phi) is 9.35. The van der Waals surface area contributed by atoms with E-state index < -0.39 is 0 Å². The quantitative estimate of drug-likeness (QED) is 0.119. The molecule has 5 heteroatoms. The SMILES string of the molecule is CC(=O)/C=C(/C)O.Cc1[c-]c(-c2ncc(-c3ccccc3)c3cc(-c4ccccc4)oc23)cc(C)c1.[Ir]. The zero-order valence-electron chi connectivity index (χ0n) is 21.2. The Morgan fingerprint density at radius 1 is 0.919 bits per heavy atom. The minimum absolute atomic E-state index is 0. The van der Waals surface area contributed by atoms with Gasteiger partial charge < -0.3 is 14.5 Å². The molecular formula is C32H28IrNO3-. The van der Waals surface area contributed by atoms with E-state index in [4.69, 9.17) is 14.5 Å². The minimum Gasteiger partial charge on any atom is -0.512 e. The van der Waals surface area contributed by atoms with Crippen LogP contribution in [0.2, 0.25) is 0 Å². The molecule has 0 atom stereocenters. The van der Waals surface area contributed by atoms with Crippen molar-refractivity contribution in [3.8, 4) is 33.7 Å². The fraction of sp³-hybridized carbons (Fsp3) is 0.125. The monoisotopic (exact) mass is 667 g/mol. The van der Waals surface area contributed by atoms with Gasteiger partial charge in [-0.05, 0) is 25.5 Å². The number of fused-ring (bicyclic) bond motifs is 1. The van der Waals surface area contributed by atoms with Crippen molar-refractivity contribution in [3.05, 3.63) is 114 Å². The van der Waals surface area contributed by atoms with E-state index in [9.17, 15) is 4.79 Å². The van der Waals surface area contributed by atoms with Crippen LogP contribution in [-0.4, -0.2) is 15.9 Å². The van der Waals surface area contributed by atoms with Crippen LogP contribution >= 0.6 is 0 Å². The summed E-state index contributed by atoms with van der Waals surface area (Å²) in [4.78, 5) is 14.8. The Bertz CT molecular complexity index is 1510. The number of pyridine rings is 1. The number of benzene rings is 3. The Labute approximate surface area is 231 Å². The number of hydrogen-bond acceptors (Lipinski definition) is 4. The molecule has 0 aliphatic heterocycles. The number of hydrogen-bond donors (Lipinski definition) is 1. The number of ketones is 1. The first-order chi connectivity index (χ1) is 17.3. The summed E-state index contributed by atoms with van der Waals surface area (Å²) in [6.07, 6.45) is 3.11. The topological polar surface area (TPSA) is 63.3 Å². The number of allylic oxidation sites excluding steroid dienone is 2. The fourth-order valence-electron chi connectivity index (χ4n) is 4.13. The van der Waals surface area contributed by atoms with Gasteiger partial charge in [0.15, 0.2) is 5.78 Å². The molecule has 0 fully saturated rings. The molecule has 5 rings (SSSR count). The Hall–Kier alpha value is -3.79. The van der Waals surface area contributed by atoms with Gasteiger partial charge in [0, 0.05) is 54.6 Å².